The highest BCUT2D eigenvalue weighted by Gasteiger charge is 2.12. The maximum atomic E-state index is 12.1. The van der Waals surface area contributed by atoms with E-state index < -0.39 is 0 Å². The van der Waals surface area contributed by atoms with Crippen molar-refractivity contribution in [2.75, 3.05) is 10.6 Å². The lowest BCUT2D eigenvalue weighted by molar-refractivity contribution is -0.114. The zero-order valence-electron chi connectivity index (χ0n) is 12.1. The molecule has 0 unspecified atom stereocenters. The summed E-state index contributed by atoms with van der Waals surface area (Å²) in [4.78, 5) is 27.4. The first-order valence-corrected chi connectivity index (χ1v) is 7.56. The van der Waals surface area contributed by atoms with E-state index in [4.69, 9.17) is 4.42 Å². The first-order valence-electron chi connectivity index (χ1n) is 6.76. The molecule has 0 atom stereocenters. The number of oxazole rings is 1. The fourth-order valence-corrected chi connectivity index (χ4v) is 2.29. The van der Waals surface area contributed by atoms with Crippen LogP contribution in [0.5, 0.6) is 0 Å². The van der Waals surface area contributed by atoms with Gasteiger partial charge in [-0.2, -0.15) is 4.98 Å². The summed E-state index contributed by atoms with van der Waals surface area (Å²) in [5.74, 6) is -0.487. The molecule has 1 heterocycles. The number of hydrogen-bond donors (Lipinski definition) is 2. The SMILES string of the molecule is CC(=O)Nc1ccc2nc(NC(=O)c3ccc(Br)cc3)oc2c1. The van der Waals surface area contributed by atoms with Crippen LogP contribution in [0.2, 0.25) is 0 Å². The second-order valence-electron chi connectivity index (χ2n) is 4.84. The molecule has 3 aromatic rings. The van der Waals surface area contributed by atoms with E-state index >= 15 is 0 Å². The first kappa shape index (κ1) is 15.2. The Morgan fingerprint density at radius 2 is 1.83 bits per heavy atom. The summed E-state index contributed by atoms with van der Waals surface area (Å²) in [7, 11) is 0. The van der Waals surface area contributed by atoms with Gasteiger partial charge in [-0.05, 0) is 36.4 Å². The number of fused-ring (bicyclic) bond motifs is 1. The molecule has 23 heavy (non-hydrogen) atoms. The number of anilines is 2. The molecule has 2 N–H and O–H groups in total. The molecule has 0 spiro atoms. The molecular weight excluding hydrogens is 362 g/mol. The molecule has 1 aromatic heterocycles. The van der Waals surface area contributed by atoms with Gasteiger partial charge in [0.05, 0.1) is 0 Å². The smallest absolute Gasteiger partial charge is 0.302 e. The van der Waals surface area contributed by atoms with Gasteiger partial charge in [-0.1, -0.05) is 15.9 Å². The number of rotatable bonds is 3. The molecule has 0 radical (unpaired) electrons. The number of amides is 2. The number of benzene rings is 2. The Balaban J connectivity index is 1.81. The van der Waals surface area contributed by atoms with Gasteiger partial charge in [0.2, 0.25) is 5.91 Å². The topological polar surface area (TPSA) is 84.2 Å². The van der Waals surface area contributed by atoms with E-state index in [1.165, 1.54) is 6.92 Å². The van der Waals surface area contributed by atoms with Crippen LogP contribution in [0.1, 0.15) is 17.3 Å². The molecule has 0 bridgehead atoms. The Bertz CT molecular complexity index is 887. The third-order valence-electron chi connectivity index (χ3n) is 3.04. The van der Waals surface area contributed by atoms with Crippen LogP contribution in [0, 0.1) is 0 Å². The van der Waals surface area contributed by atoms with Crippen molar-refractivity contribution < 1.29 is 14.0 Å². The van der Waals surface area contributed by atoms with E-state index in [0.29, 0.717) is 22.4 Å². The fourth-order valence-electron chi connectivity index (χ4n) is 2.03. The van der Waals surface area contributed by atoms with Gasteiger partial charge in [-0.3, -0.25) is 14.9 Å². The van der Waals surface area contributed by atoms with Gasteiger partial charge in [0.1, 0.15) is 5.52 Å². The minimum atomic E-state index is -0.314. The predicted molar refractivity (Wildman–Crippen MR) is 90.4 cm³/mol. The van der Waals surface area contributed by atoms with E-state index in [0.717, 1.165) is 4.47 Å². The van der Waals surface area contributed by atoms with E-state index in [1.807, 2.05) is 0 Å². The third kappa shape index (κ3) is 3.57. The Morgan fingerprint density at radius 1 is 1.09 bits per heavy atom. The standard InChI is InChI=1S/C16H12BrN3O3/c1-9(21)18-12-6-7-13-14(8-12)23-16(19-13)20-15(22)10-2-4-11(17)5-3-10/h2-8H,1H3,(H,18,21)(H,19,20,22). The van der Waals surface area contributed by atoms with Gasteiger partial charge >= 0.3 is 6.01 Å². The number of carbonyl (C=O) groups excluding carboxylic acids is 2. The maximum Gasteiger partial charge on any atom is 0.302 e. The van der Waals surface area contributed by atoms with Gasteiger partial charge in [0.25, 0.3) is 5.91 Å². The fraction of sp³-hybridized carbons (Fsp3) is 0.0625. The Kier molecular flexibility index (Phi) is 4.12. The van der Waals surface area contributed by atoms with Crippen molar-refractivity contribution >= 4 is 50.5 Å². The lowest BCUT2D eigenvalue weighted by Crippen LogP contribution is -2.11. The van der Waals surface area contributed by atoms with Crippen LogP contribution < -0.4 is 10.6 Å². The van der Waals surface area contributed by atoms with Crippen molar-refractivity contribution in [2.24, 2.45) is 0 Å². The zero-order chi connectivity index (χ0) is 16.4. The summed E-state index contributed by atoms with van der Waals surface area (Å²) in [6.07, 6.45) is 0. The van der Waals surface area contributed by atoms with E-state index in [9.17, 15) is 9.59 Å². The molecule has 2 aromatic carbocycles. The quantitative estimate of drug-likeness (QED) is 0.731. The predicted octanol–water partition coefficient (Wildman–Crippen LogP) is 3.80. The maximum absolute atomic E-state index is 12.1. The Labute approximate surface area is 140 Å². The summed E-state index contributed by atoms with van der Waals surface area (Å²) in [6, 6.07) is 12.1. The summed E-state index contributed by atoms with van der Waals surface area (Å²) in [6.45, 7) is 1.43. The van der Waals surface area contributed by atoms with Crippen LogP contribution >= 0.6 is 15.9 Å². The third-order valence-corrected chi connectivity index (χ3v) is 3.56. The first-order chi connectivity index (χ1) is 11.0. The van der Waals surface area contributed by atoms with Gasteiger partial charge in [0.15, 0.2) is 5.58 Å². The van der Waals surface area contributed by atoms with E-state index in [2.05, 4.69) is 31.5 Å². The largest absolute Gasteiger partial charge is 0.423 e. The van der Waals surface area contributed by atoms with Crippen molar-refractivity contribution in [1.29, 1.82) is 0 Å². The van der Waals surface area contributed by atoms with Crippen molar-refractivity contribution in [1.82, 2.24) is 4.98 Å². The molecule has 0 saturated heterocycles. The molecule has 0 aliphatic rings. The molecule has 3 rings (SSSR count). The van der Waals surface area contributed by atoms with Gasteiger partial charge in [-0.25, -0.2) is 0 Å². The summed E-state index contributed by atoms with van der Waals surface area (Å²) in [5.41, 5.74) is 2.16. The molecule has 2 amide bonds. The van der Waals surface area contributed by atoms with Crippen LogP contribution in [0.25, 0.3) is 11.1 Å². The molecule has 0 fully saturated rings. The molecule has 116 valence electrons. The Hall–Kier alpha value is -2.67. The monoisotopic (exact) mass is 373 g/mol. The van der Waals surface area contributed by atoms with E-state index in [-0.39, 0.29) is 17.8 Å². The van der Waals surface area contributed by atoms with Crippen molar-refractivity contribution in [3.05, 3.63) is 52.5 Å². The van der Waals surface area contributed by atoms with Gasteiger partial charge in [0, 0.05) is 28.7 Å². The number of carbonyl (C=O) groups is 2. The summed E-state index contributed by atoms with van der Waals surface area (Å²) >= 11 is 3.32. The Morgan fingerprint density at radius 3 is 2.52 bits per heavy atom. The van der Waals surface area contributed by atoms with Crippen LogP contribution in [-0.2, 0) is 4.79 Å². The van der Waals surface area contributed by atoms with Crippen LogP contribution in [0.3, 0.4) is 0 Å². The number of halogens is 1. The highest BCUT2D eigenvalue weighted by molar-refractivity contribution is 9.10. The second-order valence-corrected chi connectivity index (χ2v) is 5.76. The van der Waals surface area contributed by atoms with Crippen LogP contribution in [-0.4, -0.2) is 16.8 Å². The minimum absolute atomic E-state index is 0.105. The highest BCUT2D eigenvalue weighted by atomic mass is 79.9. The van der Waals surface area contributed by atoms with Gasteiger partial charge in [-0.15, -0.1) is 0 Å². The van der Waals surface area contributed by atoms with Crippen molar-refractivity contribution in [2.45, 2.75) is 6.92 Å². The van der Waals surface area contributed by atoms with Gasteiger partial charge < -0.3 is 9.73 Å². The molecule has 0 saturated carbocycles. The lowest BCUT2D eigenvalue weighted by Gasteiger charge is -2.00. The molecule has 0 aliphatic heterocycles. The molecule has 7 heteroatoms. The zero-order valence-corrected chi connectivity index (χ0v) is 13.7. The normalized spacial score (nSPS) is 10.5. The highest BCUT2D eigenvalue weighted by Crippen LogP contribution is 2.23. The number of hydrogen-bond acceptors (Lipinski definition) is 4. The average molecular weight is 374 g/mol. The average Bonchev–Trinajstić information content (AvgIpc) is 2.88. The summed E-state index contributed by atoms with van der Waals surface area (Å²) in [5, 5.41) is 5.27. The number of aromatic nitrogens is 1. The van der Waals surface area contributed by atoms with Crippen molar-refractivity contribution in [3.8, 4) is 0 Å². The van der Waals surface area contributed by atoms with Crippen LogP contribution in [0.4, 0.5) is 11.7 Å². The van der Waals surface area contributed by atoms with E-state index in [1.54, 1.807) is 42.5 Å². The minimum Gasteiger partial charge on any atom is -0.423 e. The second kappa shape index (κ2) is 6.21. The van der Waals surface area contributed by atoms with Crippen molar-refractivity contribution in [3.63, 3.8) is 0 Å². The lowest BCUT2D eigenvalue weighted by atomic mass is 10.2. The molecule has 6 nitrogen and oxygen atoms in total. The summed E-state index contributed by atoms with van der Waals surface area (Å²) < 4.78 is 6.39. The number of nitrogens with one attached hydrogen (secondary N) is 2. The molecule has 0 aliphatic carbocycles. The molecular formula is C16H12BrN3O3. The number of nitrogens with zero attached hydrogens (tertiary/aromatic N) is 1. The van der Waals surface area contributed by atoms with Crippen LogP contribution in [0.15, 0.2) is 51.4 Å².